The highest BCUT2D eigenvalue weighted by Crippen LogP contribution is 2.03. The lowest BCUT2D eigenvalue weighted by Crippen LogP contribution is -1.95. The summed E-state index contributed by atoms with van der Waals surface area (Å²) in [7, 11) is 0. The van der Waals surface area contributed by atoms with E-state index in [4.69, 9.17) is 10.00 Å². The van der Waals surface area contributed by atoms with Crippen LogP contribution in [-0.2, 0) is 11.3 Å². The Balaban J connectivity index is 1.88. The monoisotopic (exact) mass is 281 g/mol. The van der Waals surface area contributed by atoms with Gasteiger partial charge in [-0.1, -0.05) is 42.8 Å². The fourth-order valence-electron chi connectivity index (χ4n) is 1.83. The Hall–Kier alpha value is -2.03. The van der Waals surface area contributed by atoms with E-state index in [1.807, 2.05) is 30.3 Å². The highest BCUT2D eigenvalue weighted by Gasteiger charge is 1.92. The van der Waals surface area contributed by atoms with Crippen LogP contribution in [0.25, 0.3) is 0 Å². The fraction of sp³-hybridized carbons (Fsp3) is 0.421. The van der Waals surface area contributed by atoms with Crippen LogP contribution >= 0.6 is 0 Å². The molecule has 2 nitrogen and oxygen atoms in total. The van der Waals surface area contributed by atoms with Crippen molar-refractivity contribution in [3.8, 4) is 17.9 Å². The Kier molecular flexibility index (Phi) is 10.5. The molecule has 1 aromatic rings. The predicted octanol–water partition coefficient (Wildman–Crippen LogP) is 4.63. The molecule has 0 saturated carbocycles. The van der Waals surface area contributed by atoms with Crippen molar-refractivity contribution in [2.45, 2.75) is 45.1 Å². The molecule has 0 aliphatic carbocycles. The first kappa shape index (κ1) is 17.0. The molecule has 1 rings (SSSR count). The third kappa shape index (κ3) is 10.4. The van der Waals surface area contributed by atoms with E-state index < -0.39 is 0 Å². The van der Waals surface area contributed by atoms with E-state index in [1.54, 1.807) is 0 Å². The van der Waals surface area contributed by atoms with Gasteiger partial charge in [0, 0.05) is 25.5 Å². The van der Waals surface area contributed by atoms with Crippen LogP contribution in [0.1, 0.15) is 44.1 Å². The Bertz CT molecular complexity index is 488. The number of rotatable bonds is 9. The van der Waals surface area contributed by atoms with Gasteiger partial charge in [0.1, 0.15) is 0 Å². The van der Waals surface area contributed by atoms with Gasteiger partial charge in [-0.05, 0) is 24.8 Å². The van der Waals surface area contributed by atoms with Gasteiger partial charge in [-0.3, -0.25) is 0 Å². The van der Waals surface area contributed by atoms with Crippen LogP contribution in [0.5, 0.6) is 0 Å². The number of unbranched alkanes of at least 4 members (excludes halogenated alkanes) is 4. The van der Waals surface area contributed by atoms with E-state index in [1.165, 1.54) is 11.6 Å². The summed E-state index contributed by atoms with van der Waals surface area (Å²) >= 11 is 0. The molecular formula is C19H23NO. The summed E-state index contributed by atoms with van der Waals surface area (Å²) in [6, 6.07) is 12.2. The molecule has 21 heavy (non-hydrogen) atoms. The van der Waals surface area contributed by atoms with Crippen LogP contribution < -0.4 is 0 Å². The van der Waals surface area contributed by atoms with Crippen LogP contribution in [0, 0.1) is 23.2 Å². The number of benzene rings is 1. The van der Waals surface area contributed by atoms with Gasteiger partial charge in [0.25, 0.3) is 0 Å². The smallest absolute Gasteiger partial charge is 0.0908 e. The van der Waals surface area contributed by atoms with Gasteiger partial charge in [0.2, 0.25) is 0 Å². The second-order valence-corrected chi connectivity index (χ2v) is 4.77. The zero-order chi connectivity index (χ0) is 15.0. The maximum atomic E-state index is 8.31. The molecule has 0 aliphatic heterocycles. The standard InChI is InChI=1S/C19H23NO/c20-16-12-7-5-3-1-2-4-6-8-13-17-21-18-19-14-10-9-11-15-19/h7,9-12,14-15H,3-6,8,13,17-18H2/b12-7-. The van der Waals surface area contributed by atoms with Crippen LogP contribution in [0.3, 0.4) is 0 Å². The molecule has 0 amide bonds. The van der Waals surface area contributed by atoms with Gasteiger partial charge >= 0.3 is 0 Å². The third-order valence-corrected chi connectivity index (χ3v) is 2.96. The zero-order valence-electron chi connectivity index (χ0n) is 12.6. The summed E-state index contributed by atoms with van der Waals surface area (Å²) in [4.78, 5) is 0. The number of nitrogens with zero attached hydrogens (tertiary/aromatic N) is 1. The molecule has 110 valence electrons. The van der Waals surface area contributed by atoms with Gasteiger partial charge in [0.15, 0.2) is 0 Å². The van der Waals surface area contributed by atoms with Gasteiger partial charge in [-0.25, -0.2) is 0 Å². The number of hydrogen-bond acceptors (Lipinski definition) is 2. The van der Waals surface area contributed by atoms with Crippen molar-refractivity contribution in [1.29, 1.82) is 5.26 Å². The molecule has 0 saturated heterocycles. The molecule has 0 atom stereocenters. The van der Waals surface area contributed by atoms with Crippen molar-refractivity contribution in [2.24, 2.45) is 0 Å². The lowest BCUT2D eigenvalue weighted by atomic mass is 10.2. The van der Waals surface area contributed by atoms with E-state index in [-0.39, 0.29) is 0 Å². The van der Waals surface area contributed by atoms with Gasteiger partial charge in [0.05, 0.1) is 12.7 Å². The second-order valence-electron chi connectivity index (χ2n) is 4.77. The Morgan fingerprint density at radius 2 is 1.81 bits per heavy atom. The van der Waals surface area contributed by atoms with Gasteiger partial charge in [-0.2, -0.15) is 5.26 Å². The largest absolute Gasteiger partial charge is 0.377 e. The molecule has 0 aliphatic rings. The lowest BCUT2D eigenvalue weighted by molar-refractivity contribution is 0.117. The minimum absolute atomic E-state index is 0.705. The molecule has 2 heteroatoms. The average Bonchev–Trinajstić information content (AvgIpc) is 2.53. The van der Waals surface area contributed by atoms with Gasteiger partial charge < -0.3 is 4.74 Å². The SMILES string of the molecule is N#C/C=C\CCC#CCCCCCOCc1ccccc1. The summed E-state index contributed by atoms with van der Waals surface area (Å²) in [5.41, 5.74) is 1.23. The number of allylic oxidation sites excluding steroid dienone is 2. The van der Waals surface area contributed by atoms with Crippen molar-refractivity contribution in [1.82, 2.24) is 0 Å². The average molecular weight is 281 g/mol. The highest BCUT2D eigenvalue weighted by atomic mass is 16.5. The molecule has 0 N–H and O–H groups in total. The van der Waals surface area contributed by atoms with E-state index in [0.717, 1.165) is 45.1 Å². The maximum absolute atomic E-state index is 8.31. The Morgan fingerprint density at radius 3 is 2.62 bits per heavy atom. The molecule has 1 aromatic carbocycles. The van der Waals surface area contributed by atoms with E-state index in [2.05, 4.69) is 24.0 Å². The lowest BCUT2D eigenvalue weighted by Gasteiger charge is -2.03. The van der Waals surface area contributed by atoms with Crippen molar-refractivity contribution in [3.05, 3.63) is 48.0 Å². The summed E-state index contributed by atoms with van der Waals surface area (Å²) in [6.07, 6.45) is 9.44. The van der Waals surface area contributed by atoms with Gasteiger partial charge in [-0.15, -0.1) is 11.8 Å². The number of nitriles is 1. The Labute approximate surface area is 128 Å². The predicted molar refractivity (Wildman–Crippen MR) is 86.3 cm³/mol. The normalized spacial score (nSPS) is 10.0. The first-order valence-electron chi connectivity index (χ1n) is 7.55. The van der Waals surface area contributed by atoms with E-state index >= 15 is 0 Å². The quantitative estimate of drug-likeness (QED) is 0.376. The zero-order valence-corrected chi connectivity index (χ0v) is 12.6. The molecular weight excluding hydrogens is 258 g/mol. The molecule has 0 bridgehead atoms. The molecule has 0 unspecified atom stereocenters. The van der Waals surface area contributed by atoms with E-state index in [9.17, 15) is 0 Å². The van der Waals surface area contributed by atoms with Crippen molar-refractivity contribution >= 4 is 0 Å². The van der Waals surface area contributed by atoms with Crippen LogP contribution in [0.2, 0.25) is 0 Å². The number of ether oxygens (including phenoxy) is 1. The Morgan fingerprint density at radius 1 is 1.00 bits per heavy atom. The molecule has 0 fully saturated rings. The summed E-state index contributed by atoms with van der Waals surface area (Å²) in [5.74, 6) is 6.30. The fourth-order valence-corrected chi connectivity index (χ4v) is 1.83. The van der Waals surface area contributed by atoms with Crippen molar-refractivity contribution < 1.29 is 4.74 Å². The number of hydrogen-bond donors (Lipinski definition) is 0. The summed E-state index contributed by atoms with van der Waals surface area (Å²) in [5, 5.41) is 8.31. The first-order chi connectivity index (χ1) is 10.4. The van der Waals surface area contributed by atoms with Crippen LogP contribution in [-0.4, -0.2) is 6.61 Å². The van der Waals surface area contributed by atoms with Crippen LogP contribution in [0.4, 0.5) is 0 Å². The first-order valence-corrected chi connectivity index (χ1v) is 7.55. The topological polar surface area (TPSA) is 33.0 Å². The summed E-state index contributed by atoms with van der Waals surface area (Å²) in [6.45, 7) is 1.53. The highest BCUT2D eigenvalue weighted by molar-refractivity contribution is 5.13. The van der Waals surface area contributed by atoms with E-state index in [0.29, 0.717) is 6.61 Å². The minimum Gasteiger partial charge on any atom is -0.377 e. The molecule has 0 spiro atoms. The maximum Gasteiger partial charge on any atom is 0.0908 e. The third-order valence-electron chi connectivity index (χ3n) is 2.96. The van der Waals surface area contributed by atoms with Crippen molar-refractivity contribution in [2.75, 3.05) is 6.61 Å². The molecule has 0 heterocycles. The van der Waals surface area contributed by atoms with Crippen LogP contribution in [0.15, 0.2) is 42.5 Å². The second kappa shape index (κ2) is 13.0. The summed E-state index contributed by atoms with van der Waals surface area (Å²) < 4.78 is 5.63. The minimum atomic E-state index is 0.705. The van der Waals surface area contributed by atoms with Crippen molar-refractivity contribution in [3.63, 3.8) is 0 Å². The molecule has 0 aromatic heterocycles. The molecule has 0 radical (unpaired) electrons.